The van der Waals surface area contributed by atoms with Gasteiger partial charge in [-0.15, -0.1) is 0 Å². The topological polar surface area (TPSA) is 54.0 Å². The van der Waals surface area contributed by atoms with Crippen LogP contribution in [0.25, 0.3) is 0 Å². The fraction of sp³-hybridized carbons (Fsp3) is 0.750. The quantitative estimate of drug-likeness (QED) is 0.280. The first-order chi connectivity index (χ1) is 14.5. The van der Waals surface area contributed by atoms with E-state index in [1.54, 1.807) is 0 Å². The van der Waals surface area contributed by atoms with Crippen molar-refractivity contribution in [3.63, 3.8) is 0 Å². The van der Waals surface area contributed by atoms with Crippen molar-refractivity contribution in [3.05, 3.63) is 36.9 Å². The van der Waals surface area contributed by atoms with Gasteiger partial charge < -0.3 is 20.6 Å². The molecule has 0 saturated carbocycles. The average Bonchev–Trinajstić information content (AvgIpc) is 3.15. The molecular weight excluding hydrogens is 374 g/mol. The summed E-state index contributed by atoms with van der Waals surface area (Å²) in [6.45, 7) is 25.3. The molecule has 30 heavy (non-hydrogen) atoms. The van der Waals surface area contributed by atoms with Crippen molar-refractivity contribution in [1.82, 2.24) is 25.3 Å². The van der Waals surface area contributed by atoms with Crippen molar-refractivity contribution in [3.8, 4) is 0 Å². The Labute approximate surface area is 184 Å². The zero-order valence-electron chi connectivity index (χ0n) is 19.3. The van der Waals surface area contributed by atoms with Crippen LogP contribution in [-0.2, 0) is 0 Å². The van der Waals surface area contributed by atoms with E-state index in [4.69, 9.17) is 5.11 Å². The summed E-state index contributed by atoms with van der Waals surface area (Å²) < 4.78 is 0. The van der Waals surface area contributed by atoms with E-state index >= 15 is 0 Å². The molecule has 0 radical (unpaired) electrons. The first kappa shape index (κ1) is 24.8. The highest BCUT2D eigenvalue weighted by molar-refractivity contribution is 4.99. The lowest BCUT2D eigenvalue weighted by atomic mass is 10.2. The van der Waals surface area contributed by atoms with Gasteiger partial charge in [-0.1, -0.05) is 26.7 Å². The fourth-order valence-electron chi connectivity index (χ4n) is 4.41. The second kappa shape index (κ2) is 13.7. The van der Waals surface area contributed by atoms with Crippen LogP contribution in [0.4, 0.5) is 0 Å². The highest BCUT2D eigenvalue weighted by Gasteiger charge is 2.27. The van der Waals surface area contributed by atoms with Crippen LogP contribution < -0.4 is 10.6 Å². The lowest BCUT2D eigenvalue weighted by molar-refractivity contribution is 0.108. The summed E-state index contributed by atoms with van der Waals surface area (Å²) in [6.07, 6.45) is 6.15. The Morgan fingerprint density at radius 3 is 2.20 bits per heavy atom. The van der Waals surface area contributed by atoms with Gasteiger partial charge in [-0.25, -0.2) is 0 Å². The van der Waals surface area contributed by atoms with Gasteiger partial charge in [-0.3, -0.25) is 9.80 Å². The van der Waals surface area contributed by atoms with E-state index < -0.39 is 0 Å². The van der Waals surface area contributed by atoms with Gasteiger partial charge in [-0.2, -0.15) is 0 Å². The Bertz CT molecular complexity index is 542. The minimum atomic E-state index is 0.254. The van der Waals surface area contributed by atoms with E-state index in [0.29, 0.717) is 12.5 Å². The number of aliphatic hydroxyl groups is 1. The minimum Gasteiger partial charge on any atom is -0.513 e. The van der Waals surface area contributed by atoms with E-state index in [-0.39, 0.29) is 5.76 Å². The molecule has 1 atom stereocenters. The Kier molecular flexibility index (Phi) is 11.3. The van der Waals surface area contributed by atoms with Gasteiger partial charge in [0.25, 0.3) is 0 Å². The number of hydrogen-bond donors (Lipinski definition) is 3. The van der Waals surface area contributed by atoms with Crippen LogP contribution in [0.15, 0.2) is 36.9 Å². The summed E-state index contributed by atoms with van der Waals surface area (Å²) in [5, 5.41) is 15.9. The summed E-state index contributed by atoms with van der Waals surface area (Å²) in [5.74, 6) is 0.254. The second-order valence-corrected chi connectivity index (χ2v) is 8.84. The van der Waals surface area contributed by atoms with Crippen LogP contribution in [0.5, 0.6) is 0 Å². The molecule has 3 N–H and O–H groups in total. The maximum atomic E-state index is 9.09. The molecule has 0 aromatic heterocycles. The maximum absolute atomic E-state index is 9.09. The molecule has 6 heteroatoms. The molecule has 2 aliphatic heterocycles. The largest absolute Gasteiger partial charge is 0.513 e. The molecule has 0 aliphatic carbocycles. The molecule has 1 unspecified atom stereocenters. The van der Waals surface area contributed by atoms with Crippen molar-refractivity contribution >= 4 is 0 Å². The lowest BCUT2D eigenvalue weighted by Gasteiger charge is -2.37. The summed E-state index contributed by atoms with van der Waals surface area (Å²) in [7, 11) is 0. The van der Waals surface area contributed by atoms with E-state index in [2.05, 4.69) is 52.0 Å². The van der Waals surface area contributed by atoms with Gasteiger partial charge in [0, 0.05) is 76.2 Å². The SMILES string of the molecule is C=C(O)CCCNC(=C)CCCNC(=C)CN1CCCC1CN1CCN(CC)CC1. The number of aliphatic hydroxyl groups excluding tert-OH is 1. The molecule has 0 aromatic carbocycles. The number of allylic oxidation sites excluding steroid dienone is 2. The number of nitrogens with zero attached hydrogens (tertiary/aromatic N) is 3. The summed E-state index contributed by atoms with van der Waals surface area (Å²) in [6, 6.07) is 0.677. The highest BCUT2D eigenvalue weighted by Crippen LogP contribution is 2.19. The summed E-state index contributed by atoms with van der Waals surface area (Å²) >= 11 is 0. The van der Waals surface area contributed by atoms with Crippen LogP contribution in [0, 0.1) is 0 Å². The third-order valence-corrected chi connectivity index (χ3v) is 6.32. The van der Waals surface area contributed by atoms with Crippen molar-refractivity contribution in [2.24, 2.45) is 0 Å². The van der Waals surface area contributed by atoms with Gasteiger partial charge in [-0.05, 0) is 45.2 Å². The summed E-state index contributed by atoms with van der Waals surface area (Å²) in [4.78, 5) is 7.82. The average molecular weight is 420 g/mol. The number of likely N-dealkylation sites (tertiary alicyclic amines) is 1. The van der Waals surface area contributed by atoms with Gasteiger partial charge >= 0.3 is 0 Å². The van der Waals surface area contributed by atoms with Gasteiger partial charge in [0.2, 0.25) is 0 Å². The van der Waals surface area contributed by atoms with E-state index in [1.165, 1.54) is 58.7 Å². The van der Waals surface area contributed by atoms with Gasteiger partial charge in [0.1, 0.15) is 0 Å². The molecular formula is C24H45N5O. The normalized spacial score (nSPS) is 20.9. The van der Waals surface area contributed by atoms with Crippen LogP contribution in [-0.4, -0.2) is 91.3 Å². The highest BCUT2D eigenvalue weighted by atomic mass is 16.3. The predicted molar refractivity (Wildman–Crippen MR) is 128 cm³/mol. The number of rotatable bonds is 15. The number of likely N-dealkylation sites (N-methyl/N-ethyl adjacent to an activating group) is 1. The molecule has 0 amide bonds. The maximum Gasteiger partial charge on any atom is 0.0851 e. The Morgan fingerprint density at radius 2 is 1.53 bits per heavy atom. The molecule has 2 rings (SSSR count). The zero-order chi connectivity index (χ0) is 21.8. The molecule has 2 aliphatic rings. The van der Waals surface area contributed by atoms with Crippen molar-refractivity contribution in [1.29, 1.82) is 0 Å². The molecule has 2 heterocycles. The molecule has 0 bridgehead atoms. The first-order valence-electron chi connectivity index (χ1n) is 11.9. The van der Waals surface area contributed by atoms with Gasteiger partial charge in [0.15, 0.2) is 0 Å². The minimum absolute atomic E-state index is 0.254. The standard InChI is InChI=1S/C24H45N5O/c1-5-27-15-17-28(18-16-27)20-24-11-8-14-29(24)19-22(3)26-12-6-9-21(2)25-13-7-10-23(4)30/h24-26,30H,2-20H2,1H3. The van der Waals surface area contributed by atoms with Crippen LogP contribution in [0.3, 0.4) is 0 Å². The van der Waals surface area contributed by atoms with Crippen molar-refractivity contribution in [2.45, 2.75) is 51.5 Å². The predicted octanol–water partition coefficient (Wildman–Crippen LogP) is 2.93. The lowest BCUT2D eigenvalue weighted by Crippen LogP contribution is -2.50. The fourth-order valence-corrected chi connectivity index (χ4v) is 4.41. The molecule has 172 valence electrons. The zero-order valence-corrected chi connectivity index (χ0v) is 19.3. The van der Waals surface area contributed by atoms with Crippen molar-refractivity contribution < 1.29 is 5.11 Å². The van der Waals surface area contributed by atoms with E-state index in [9.17, 15) is 0 Å². The van der Waals surface area contributed by atoms with Crippen molar-refractivity contribution in [2.75, 3.05) is 65.4 Å². The first-order valence-corrected chi connectivity index (χ1v) is 11.9. The molecule has 2 fully saturated rings. The second-order valence-electron chi connectivity index (χ2n) is 8.84. The van der Waals surface area contributed by atoms with E-state index in [0.717, 1.165) is 50.3 Å². The van der Waals surface area contributed by atoms with Crippen LogP contribution in [0.2, 0.25) is 0 Å². The molecule has 2 saturated heterocycles. The number of piperazine rings is 1. The van der Waals surface area contributed by atoms with Crippen LogP contribution >= 0.6 is 0 Å². The Balaban J connectivity index is 1.55. The Morgan fingerprint density at radius 1 is 0.900 bits per heavy atom. The smallest absolute Gasteiger partial charge is 0.0851 e. The van der Waals surface area contributed by atoms with Gasteiger partial charge in [0.05, 0.1) is 5.76 Å². The third kappa shape index (κ3) is 9.54. The number of hydrogen-bond acceptors (Lipinski definition) is 6. The third-order valence-electron chi connectivity index (χ3n) is 6.32. The van der Waals surface area contributed by atoms with Crippen LogP contribution in [0.1, 0.15) is 45.4 Å². The molecule has 6 nitrogen and oxygen atoms in total. The molecule has 0 spiro atoms. The summed E-state index contributed by atoms with van der Waals surface area (Å²) in [5.41, 5.74) is 2.20. The number of nitrogens with one attached hydrogen (secondary N) is 2. The monoisotopic (exact) mass is 419 g/mol. The molecule has 0 aromatic rings. The Hall–Kier alpha value is -1.50. The van der Waals surface area contributed by atoms with E-state index in [1.807, 2.05) is 0 Å².